The molecule has 0 radical (unpaired) electrons. The van der Waals surface area contributed by atoms with Crippen molar-refractivity contribution in [2.75, 3.05) is 5.01 Å². The molecule has 0 aliphatic heterocycles. The Bertz CT molecular complexity index is 971. The molecule has 38 heavy (non-hydrogen) atoms. The molecule has 1 aromatic carbocycles. The van der Waals surface area contributed by atoms with Crippen molar-refractivity contribution in [3.63, 3.8) is 0 Å². The number of benzene rings is 1. The van der Waals surface area contributed by atoms with Crippen LogP contribution in [-0.2, 0) is 10.2 Å². The highest BCUT2D eigenvalue weighted by molar-refractivity contribution is 5.89. The molecule has 0 bridgehead atoms. The van der Waals surface area contributed by atoms with Crippen molar-refractivity contribution in [1.29, 1.82) is 0 Å². The van der Waals surface area contributed by atoms with E-state index in [2.05, 4.69) is 38.1 Å². The van der Waals surface area contributed by atoms with Crippen molar-refractivity contribution in [2.45, 2.75) is 117 Å². The first-order chi connectivity index (χ1) is 17.6. The van der Waals surface area contributed by atoms with Gasteiger partial charge in [0.2, 0.25) is 11.8 Å². The van der Waals surface area contributed by atoms with Gasteiger partial charge in [0.05, 0.1) is 5.69 Å². The summed E-state index contributed by atoms with van der Waals surface area (Å²) >= 11 is 0. The molecule has 1 amide bonds. The van der Waals surface area contributed by atoms with Crippen LogP contribution in [0, 0.1) is 0 Å². The van der Waals surface area contributed by atoms with E-state index in [0.29, 0.717) is 11.3 Å². The third kappa shape index (κ3) is 10.3. The lowest BCUT2D eigenvalue weighted by atomic mass is 9.87. The molecular weight excluding hydrogens is 487 g/mol. The smallest absolute Gasteiger partial charge is 0.249 e. The van der Waals surface area contributed by atoms with Gasteiger partial charge in [0, 0.05) is 27.3 Å². The van der Waals surface area contributed by atoms with Gasteiger partial charge in [-0.15, -0.1) is 0 Å². The second-order valence-corrected chi connectivity index (χ2v) is 11.6. The molecule has 0 aromatic heterocycles. The largest absolute Gasteiger partial charge is 0.351 e. The lowest BCUT2D eigenvalue weighted by molar-refractivity contribution is -0.123. The van der Waals surface area contributed by atoms with Crippen LogP contribution < -0.4 is 15.8 Å². The summed E-state index contributed by atoms with van der Waals surface area (Å²) in [6, 6.07) is 6.50. The van der Waals surface area contributed by atoms with Crippen LogP contribution in [0.3, 0.4) is 0 Å². The van der Waals surface area contributed by atoms with E-state index in [1.54, 1.807) is 11.9 Å². The summed E-state index contributed by atoms with van der Waals surface area (Å²) in [4.78, 5) is 13.8. The Morgan fingerprint density at radius 3 is 2.05 bits per heavy atom. The number of anilines is 1. The van der Waals surface area contributed by atoms with Crippen LogP contribution in [0.15, 0.2) is 60.5 Å². The molecule has 4 nitrogen and oxygen atoms in total. The van der Waals surface area contributed by atoms with Crippen molar-refractivity contribution in [2.24, 2.45) is 0 Å². The molecule has 1 saturated carbocycles. The van der Waals surface area contributed by atoms with Crippen LogP contribution >= 0.6 is 0 Å². The molecule has 2 N–H and O–H groups in total. The van der Waals surface area contributed by atoms with E-state index in [0.717, 1.165) is 5.56 Å². The zero-order valence-corrected chi connectivity index (χ0v) is 24.7. The number of alkyl halides is 2. The third-order valence-corrected chi connectivity index (χ3v) is 6.17. The number of halogens is 3. The number of hydrogen-bond acceptors (Lipinski definition) is 3. The number of carbonyl (C=O) groups excluding carboxylic acids is 1. The zero-order valence-electron chi connectivity index (χ0n) is 24.7. The standard InChI is InChI=1S/C29H42F3N3O.C2H6.2H2/c1-9-20(19-22(30)10-2)25(26(36)33-23-15-17-29(31,32)18-16-23)35(34-28(6,7)8)24-13-11-21(12-14-24)27(3,4)5;1-2;;/h9-14,19,23,25,34H,1,15-18H2,2-8H3,(H,33,36);1-2H3;2*1H/b20-19+,22-10+;;;. The first-order valence-corrected chi connectivity index (χ1v) is 13.6. The molecule has 1 fully saturated rings. The SMILES string of the molecule is C=C/C(=C\C(F)=C/C)C(C(=O)NC1CCC(F)(F)CC1)N(NC(C)(C)C)c1ccc(C(C)(C)C)cc1.CC.[HH].[HH]. The van der Waals surface area contributed by atoms with Gasteiger partial charge in [-0.2, -0.15) is 0 Å². The highest BCUT2D eigenvalue weighted by Gasteiger charge is 2.38. The Labute approximate surface area is 231 Å². The first-order valence-electron chi connectivity index (χ1n) is 13.6. The summed E-state index contributed by atoms with van der Waals surface area (Å²) in [7, 11) is 0. The Kier molecular flexibility index (Phi) is 12.4. The summed E-state index contributed by atoms with van der Waals surface area (Å²) in [5, 5.41) is 4.67. The Morgan fingerprint density at radius 1 is 1.11 bits per heavy atom. The Balaban J connectivity index is 0. The number of allylic oxidation sites excluding steroid dienone is 3. The molecule has 0 spiro atoms. The van der Waals surface area contributed by atoms with Gasteiger partial charge in [-0.05, 0) is 75.3 Å². The van der Waals surface area contributed by atoms with E-state index in [9.17, 15) is 18.0 Å². The van der Waals surface area contributed by atoms with Crippen LogP contribution in [0.1, 0.15) is 96.4 Å². The van der Waals surface area contributed by atoms with Crippen molar-refractivity contribution in [1.82, 2.24) is 10.7 Å². The molecule has 1 aliphatic carbocycles. The predicted octanol–water partition coefficient (Wildman–Crippen LogP) is 8.66. The fourth-order valence-electron chi connectivity index (χ4n) is 4.14. The Morgan fingerprint density at radius 2 is 1.63 bits per heavy atom. The summed E-state index contributed by atoms with van der Waals surface area (Å²) in [5.74, 6) is -3.60. The highest BCUT2D eigenvalue weighted by atomic mass is 19.3. The maximum absolute atomic E-state index is 14.4. The average Bonchev–Trinajstić information content (AvgIpc) is 2.84. The van der Waals surface area contributed by atoms with Crippen molar-refractivity contribution < 1.29 is 20.8 Å². The van der Waals surface area contributed by atoms with Gasteiger partial charge in [-0.25, -0.2) is 18.6 Å². The molecule has 0 heterocycles. The van der Waals surface area contributed by atoms with Gasteiger partial charge in [-0.1, -0.05) is 65.5 Å². The molecular formula is C31H52F3N3O. The number of rotatable bonds is 8. The molecule has 1 aliphatic rings. The van der Waals surface area contributed by atoms with Gasteiger partial charge in [0.25, 0.3) is 0 Å². The number of amides is 1. The minimum Gasteiger partial charge on any atom is -0.351 e. The molecule has 1 unspecified atom stereocenters. The van der Waals surface area contributed by atoms with Crippen molar-refractivity contribution in [3.8, 4) is 0 Å². The highest BCUT2D eigenvalue weighted by Crippen LogP contribution is 2.33. The second-order valence-electron chi connectivity index (χ2n) is 11.6. The first kappa shape index (κ1) is 33.5. The number of hydrazine groups is 1. The van der Waals surface area contributed by atoms with E-state index in [-0.39, 0.29) is 40.0 Å². The summed E-state index contributed by atoms with van der Waals surface area (Å²) < 4.78 is 41.8. The molecule has 7 heteroatoms. The molecule has 2 rings (SSSR count). The summed E-state index contributed by atoms with van der Waals surface area (Å²) in [5.41, 5.74) is 5.08. The van der Waals surface area contributed by atoms with Crippen LogP contribution in [0.5, 0.6) is 0 Å². The Hall–Kier alpha value is -2.54. The van der Waals surface area contributed by atoms with Gasteiger partial charge < -0.3 is 5.32 Å². The minimum atomic E-state index is -2.70. The lowest BCUT2D eigenvalue weighted by Crippen LogP contribution is -2.60. The number of carbonyl (C=O) groups is 1. The van der Waals surface area contributed by atoms with E-state index < -0.39 is 29.2 Å². The minimum absolute atomic E-state index is 0. The molecule has 218 valence electrons. The normalized spacial score (nSPS) is 17.7. The van der Waals surface area contributed by atoms with Crippen molar-refractivity contribution >= 4 is 11.6 Å². The fourth-order valence-corrected chi connectivity index (χ4v) is 4.14. The number of hydrogen-bond donors (Lipinski definition) is 2. The number of nitrogens with zero attached hydrogens (tertiary/aromatic N) is 1. The van der Waals surface area contributed by atoms with Gasteiger partial charge in [0.15, 0.2) is 0 Å². The van der Waals surface area contributed by atoms with Crippen LogP contribution in [0.25, 0.3) is 0 Å². The van der Waals surface area contributed by atoms with Crippen molar-refractivity contribution in [3.05, 3.63) is 66.0 Å². The van der Waals surface area contributed by atoms with E-state index in [1.165, 1.54) is 18.2 Å². The van der Waals surface area contributed by atoms with Crippen LogP contribution in [-0.4, -0.2) is 29.5 Å². The zero-order chi connectivity index (χ0) is 29.3. The quantitative estimate of drug-likeness (QED) is 0.257. The van der Waals surface area contributed by atoms with E-state index >= 15 is 0 Å². The van der Waals surface area contributed by atoms with E-state index in [4.69, 9.17) is 0 Å². The van der Waals surface area contributed by atoms with Crippen LogP contribution in [0.4, 0.5) is 18.9 Å². The van der Waals surface area contributed by atoms with Gasteiger partial charge >= 0.3 is 0 Å². The number of nitrogens with one attached hydrogen (secondary N) is 2. The maximum Gasteiger partial charge on any atom is 0.249 e. The second kappa shape index (κ2) is 14.0. The predicted molar refractivity (Wildman–Crippen MR) is 158 cm³/mol. The third-order valence-electron chi connectivity index (χ3n) is 6.17. The summed E-state index contributed by atoms with van der Waals surface area (Å²) in [6.07, 6.45) is 3.90. The monoisotopic (exact) mass is 539 g/mol. The maximum atomic E-state index is 14.4. The van der Waals surface area contributed by atoms with Gasteiger partial charge in [0.1, 0.15) is 11.9 Å². The lowest BCUT2D eigenvalue weighted by Gasteiger charge is -2.40. The average molecular weight is 540 g/mol. The topological polar surface area (TPSA) is 44.4 Å². The van der Waals surface area contributed by atoms with E-state index in [1.807, 2.05) is 58.9 Å². The van der Waals surface area contributed by atoms with Crippen LogP contribution in [0.2, 0.25) is 0 Å². The molecule has 1 aromatic rings. The molecule has 0 saturated heterocycles. The molecule has 1 atom stereocenters. The van der Waals surface area contributed by atoms with Gasteiger partial charge in [-0.3, -0.25) is 9.80 Å². The summed E-state index contributed by atoms with van der Waals surface area (Å²) in [6.45, 7) is 21.7. The fraction of sp³-hybridized carbons (Fsp3) is 0.581.